The van der Waals surface area contributed by atoms with Crippen molar-refractivity contribution in [2.75, 3.05) is 17.8 Å². The number of fused-ring (bicyclic) bond motifs is 1. The quantitative estimate of drug-likeness (QED) is 0.781. The molecule has 0 aliphatic carbocycles. The van der Waals surface area contributed by atoms with Crippen molar-refractivity contribution in [2.24, 2.45) is 0 Å². The number of benzene rings is 1. The fraction of sp³-hybridized carbons (Fsp3) is 0.0833. The molecule has 0 radical (unpaired) electrons. The van der Waals surface area contributed by atoms with Crippen LogP contribution in [0.1, 0.15) is 10.4 Å². The molecule has 1 aromatic heterocycles. The van der Waals surface area contributed by atoms with Gasteiger partial charge in [-0.05, 0) is 18.2 Å². The Hall–Kier alpha value is -2.83. The molecule has 0 spiro atoms. The molecule has 1 aromatic carbocycles. The van der Waals surface area contributed by atoms with E-state index in [2.05, 4.69) is 15.5 Å². The molecule has 19 heavy (non-hydrogen) atoms. The largest absolute Gasteiger partial charge is 0.454 e. The van der Waals surface area contributed by atoms with Crippen molar-refractivity contribution in [3.05, 3.63) is 36.0 Å². The van der Waals surface area contributed by atoms with Crippen LogP contribution in [0, 0.1) is 0 Å². The van der Waals surface area contributed by atoms with Gasteiger partial charge >= 0.3 is 0 Å². The lowest BCUT2D eigenvalue weighted by molar-refractivity contribution is 0.102. The van der Waals surface area contributed by atoms with E-state index < -0.39 is 0 Å². The zero-order valence-electron chi connectivity index (χ0n) is 9.79. The van der Waals surface area contributed by atoms with E-state index in [9.17, 15) is 4.79 Å². The van der Waals surface area contributed by atoms with Gasteiger partial charge in [0.2, 0.25) is 6.79 Å². The topological polar surface area (TPSA) is 99.4 Å². The van der Waals surface area contributed by atoms with Crippen LogP contribution in [0.15, 0.2) is 30.5 Å². The van der Waals surface area contributed by atoms with E-state index in [-0.39, 0.29) is 12.7 Å². The summed E-state index contributed by atoms with van der Waals surface area (Å²) < 4.78 is 10.4. The number of carbonyl (C=O) groups is 1. The van der Waals surface area contributed by atoms with Gasteiger partial charge in [-0.25, -0.2) is 0 Å². The third-order valence-corrected chi connectivity index (χ3v) is 2.60. The first-order valence-electron chi connectivity index (χ1n) is 5.52. The molecule has 3 N–H and O–H groups in total. The van der Waals surface area contributed by atoms with E-state index >= 15 is 0 Å². The fourth-order valence-corrected chi connectivity index (χ4v) is 1.71. The highest BCUT2D eigenvalue weighted by Crippen LogP contribution is 2.36. The lowest BCUT2D eigenvalue weighted by Gasteiger charge is -2.07. The number of aromatic nitrogens is 2. The van der Waals surface area contributed by atoms with E-state index in [0.717, 1.165) is 0 Å². The summed E-state index contributed by atoms with van der Waals surface area (Å²) in [5.41, 5.74) is 6.43. The number of nitrogens with zero attached hydrogens (tertiary/aromatic N) is 2. The zero-order valence-corrected chi connectivity index (χ0v) is 9.79. The lowest BCUT2D eigenvalue weighted by atomic mass is 10.1. The van der Waals surface area contributed by atoms with Gasteiger partial charge in [0, 0.05) is 18.0 Å². The smallest absolute Gasteiger partial charge is 0.259 e. The van der Waals surface area contributed by atoms with Crippen molar-refractivity contribution in [3.63, 3.8) is 0 Å². The summed E-state index contributed by atoms with van der Waals surface area (Å²) in [5, 5.41) is 10.0. The first kappa shape index (κ1) is 11.3. The van der Waals surface area contributed by atoms with Crippen molar-refractivity contribution < 1.29 is 14.3 Å². The van der Waals surface area contributed by atoms with Crippen LogP contribution in [0.3, 0.4) is 0 Å². The highest BCUT2D eigenvalue weighted by atomic mass is 16.7. The first-order valence-corrected chi connectivity index (χ1v) is 5.52. The second-order valence-electron chi connectivity index (χ2n) is 3.86. The van der Waals surface area contributed by atoms with Crippen LogP contribution in [0.2, 0.25) is 0 Å². The number of nitrogens with two attached hydrogens (primary N) is 1. The van der Waals surface area contributed by atoms with Crippen molar-refractivity contribution in [1.29, 1.82) is 0 Å². The summed E-state index contributed by atoms with van der Waals surface area (Å²) in [6.45, 7) is 0.129. The van der Waals surface area contributed by atoms with Crippen LogP contribution in [-0.2, 0) is 0 Å². The van der Waals surface area contributed by atoms with Crippen molar-refractivity contribution in [2.45, 2.75) is 0 Å². The second kappa shape index (κ2) is 4.45. The average molecular weight is 258 g/mol. The molecular weight excluding hydrogens is 248 g/mol. The molecule has 0 unspecified atom stereocenters. The molecule has 7 heteroatoms. The Labute approximate surface area is 108 Å². The minimum atomic E-state index is -0.378. The van der Waals surface area contributed by atoms with Crippen LogP contribution in [-0.4, -0.2) is 22.9 Å². The highest BCUT2D eigenvalue weighted by molar-refractivity contribution is 6.07. The maximum absolute atomic E-state index is 12.1. The molecule has 0 fully saturated rings. The number of nitrogens with one attached hydrogen (secondary N) is 1. The molecule has 3 rings (SSSR count). The van der Waals surface area contributed by atoms with Crippen molar-refractivity contribution in [1.82, 2.24) is 10.2 Å². The number of ether oxygens (including phenoxy) is 2. The van der Waals surface area contributed by atoms with E-state index in [4.69, 9.17) is 15.2 Å². The monoisotopic (exact) mass is 258 g/mol. The maximum atomic E-state index is 12.1. The van der Waals surface area contributed by atoms with Gasteiger partial charge in [-0.3, -0.25) is 4.79 Å². The van der Waals surface area contributed by atoms with Crippen LogP contribution >= 0.6 is 0 Å². The molecule has 2 aromatic rings. The molecule has 1 amide bonds. The Morgan fingerprint density at radius 2 is 2.11 bits per heavy atom. The normalized spacial score (nSPS) is 12.2. The molecule has 1 aliphatic heterocycles. The summed E-state index contributed by atoms with van der Waals surface area (Å²) in [5.74, 6) is 1.01. The number of carbonyl (C=O) groups excluding carboxylic acids is 1. The minimum Gasteiger partial charge on any atom is -0.454 e. The molecule has 1 aliphatic rings. The van der Waals surface area contributed by atoms with Crippen LogP contribution in [0.25, 0.3) is 0 Å². The van der Waals surface area contributed by atoms with Gasteiger partial charge in [-0.2, -0.15) is 5.10 Å². The fourth-order valence-electron chi connectivity index (χ4n) is 1.71. The molecule has 7 nitrogen and oxygen atoms in total. The Bertz CT molecular complexity index is 630. The van der Waals surface area contributed by atoms with Crippen LogP contribution in [0.5, 0.6) is 11.5 Å². The first-order chi connectivity index (χ1) is 9.24. The SMILES string of the molecule is Nc1cc2c(cc1C(=O)Nc1cccnn1)OCO2. The standard InChI is InChI=1S/C12H10N4O3/c13-8-5-10-9(18-6-19-10)4-7(8)12(17)15-11-2-1-3-14-16-11/h1-5H,6,13H2,(H,15,16,17). The van der Waals surface area contributed by atoms with E-state index in [1.54, 1.807) is 24.3 Å². The summed E-state index contributed by atoms with van der Waals surface area (Å²) >= 11 is 0. The summed E-state index contributed by atoms with van der Waals surface area (Å²) in [6, 6.07) is 6.41. The van der Waals surface area contributed by atoms with E-state index in [1.807, 2.05) is 0 Å². The Morgan fingerprint density at radius 1 is 1.32 bits per heavy atom. The van der Waals surface area contributed by atoms with Gasteiger partial charge in [0.1, 0.15) is 0 Å². The molecule has 0 saturated carbocycles. The summed E-state index contributed by atoms with van der Waals surface area (Å²) in [4.78, 5) is 12.1. The van der Waals surface area contributed by atoms with Crippen LogP contribution in [0.4, 0.5) is 11.5 Å². The predicted octanol–water partition coefficient (Wildman–Crippen LogP) is 1.04. The molecule has 96 valence electrons. The van der Waals surface area contributed by atoms with Gasteiger partial charge < -0.3 is 20.5 Å². The number of hydrogen-bond donors (Lipinski definition) is 2. The van der Waals surface area contributed by atoms with Gasteiger partial charge in [-0.1, -0.05) is 0 Å². The number of amides is 1. The third kappa shape index (κ3) is 2.13. The highest BCUT2D eigenvalue weighted by Gasteiger charge is 2.19. The number of rotatable bonds is 2. The second-order valence-corrected chi connectivity index (χ2v) is 3.86. The van der Waals surface area contributed by atoms with Gasteiger partial charge in [0.25, 0.3) is 5.91 Å². The van der Waals surface area contributed by atoms with Gasteiger partial charge in [-0.15, -0.1) is 5.10 Å². The van der Waals surface area contributed by atoms with Gasteiger partial charge in [0.15, 0.2) is 17.3 Å². The zero-order chi connectivity index (χ0) is 13.2. The number of nitrogen functional groups attached to an aromatic ring is 1. The molecule has 0 saturated heterocycles. The third-order valence-electron chi connectivity index (χ3n) is 2.60. The Kier molecular flexibility index (Phi) is 2.64. The van der Waals surface area contributed by atoms with Crippen molar-refractivity contribution in [3.8, 4) is 11.5 Å². The Balaban J connectivity index is 1.88. The van der Waals surface area contributed by atoms with Crippen LogP contribution < -0.4 is 20.5 Å². The Morgan fingerprint density at radius 3 is 2.84 bits per heavy atom. The molecular formula is C12H10N4O3. The number of anilines is 2. The maximum Gasteiger partial charge on any atom is 0.259 e. The molecule has 0 bridgehead atoms. The van der Waals surface area contributed by atoms with Gasteiger partial charge in [0.05, 0.1) is 5.56 Å². The predicted molar refractivity (Wildman–Crippen MR) is 67.0 cm³/mol. The van der Waals surface area contributed by atoms with E-state index in [0.29, 0.717) is 28.6 Å². The number of hydrogen-bond acceptors (Lipinski definition) is 6. The minimum absolute atomic E-state index is 0.129. The van der Waals surface area contributed by atoms with E-state index in [1.165, 1.54) is 6.20 Å². The summed E-state index contributed by atoms with van der Waals surface area (Å²) in [6.07, 6.45) is 1.52. The van der Waals surface area contributed by atoms with Crippen molar-refractivity contribution >= 4 is 17.4 Å². The lowest BCUT2D eigenvalue weighted by Crippen LogP contribution is -2.15. The molecule has 0 atom stereocenters. The molecule has 2 heterocycles. The average Bonchev–Trinajstić information content (AvgIpc) is 2.86. The summed E-state index contributed by atoms with van der Waals surface area (Å²) in [7, 11) is 0.